The van der Waals surface area contributed by atoms with E-state index in [4.69, 9.17) is 14.2 Å². The molecule has 0 aliphatic heterocycles. The van der Waals surface area contributed by atoms with Crippen molar-refractivity contribution in [3.8, 4) is 0 Å². The Morgan fingerprint density at radius 3 is 2.06 bits per heavy atom. The highest BCUT2D eigenvalue weighted by molar-refractivity contribution is 5.87. The molecule has 0 aliphatic rings. The molecule has 200 valence electrons. The van der Waals surface area contributed by atoms with E-state index in [0.717, 1.165) is 25.7 Å². The van der Waals surface area contributed by atoms with Crippen LogP contribution in [0.1, 0.15) is 88.0 Å². The van der Waals surface area contributed by atoms with E-state index in [9.17, 15) is 14.7 Å². The van der Waals surface area contributed by atoms with Crippen LogP contribution in [0.15, 0.2) is 23.3 Å². The lowest BCUT2D eigenvalue weighted by atomic mass is 9.72. The highest BCUT2D eigenvalue weighted by Gasteiger charge is 2.43. The molecule has 5 atom stereocenters. The van der Waals surface area contributed by atoms with Crippen LogP contribution in [0.4, 0.5) is 0 Å². The predicted molar refractivity (Wildman–Crippen MR) is 140 cm³/mol. The van der Waals surface area contributed by atoms with E-state index >= 15 is 0 Å². The maximum atomic E-state index is 13.3. The molecule has 0 spiro atoms. The summed E-state index contributed by atoms with van der Waals surface area (Å²) in [6.07, 6.45) is 7.13. The molecule has 0 heterocycles. The van der Waals surface area contributed by atoms with Gasteiger partial charge in [-0.05, 0) is 57.9 Å². The second-order valence-electron chi connectivity index (χ2n) is 9.81. The molecule has 6 heteroatoms. The third-order valence-electron chi connectivity index (χ3n) is 6.98. The minimum Gasteiger partial charge on any atom is -0.481 e. The smallest absolute Gasteiger partial charge is 0.306 e. The first-order valence-electron chi connectivity index (χ1n) is 12.0. The normalized spacial score (nSPS) is 17.4. The molecular weight excluding hydrogens is 432 g/mol. The van der Waals surface area contributed by atoms with Gasteiger partial charge < -0.3 is 19.3 Å². The predicted octanol–water partition coefficient (Wildman–Crippen LogP) is 6.48. The van der Waals surface area contributed by atoms with Gasteiger partial charge in [0.25, 0.3) is 0 Å². The van der Waals surface area contributed by atoms with Crippen molar-refractivity contribution in [3.05, 3.63) is 23.3 Å². The van der Waals surface area contributed by atoms with Crippen LogP contribution in [0.2, 0.25) is 0 Å². The molecule has 34 heavy (non-hydrogen) atoms. The molecular formula is C28H52O6. The van der Waals surface area contributed by atoms with Crippen molar-refractivity contribution in [3.63, 3.8) is 0 Å². The molecule has 0 saturated carbocycles. The third kappa shape index (κ3) is 10.8. The Morgan fingerprint density at radius 2 is 1.62 bits per heavy atom. The monoisotopic (exact) mass is 484 g/mol. The minimum atomic E-state index is -0.979. The van der Waals surface area contributed by atoms with E-state index in [0.29, 0.717) is 0 Å². The summed E-state index contributed by atoms with van der Waals surface area (Å²) in [6.45, 7) is 13.8. The summed E-state index contributed by atoms with van der Waals surface area (Å²) in [5.41, 5.74) is 1.65. The van der Waals surface area contributed by atoms with Gasteiger partial charge in [-0.25, -0.2) is 0 Å². The lowest BCUT2D eigenvalue weighted by Gasteiger charge is -2.36. The van der Waals surface area contributed by atoms with E-state index in [-0.39, 0.29) is 43.7 Å². The van der Waals surface area contributed by atoms with E-state index in [2.05, 4.69) is 32.9 Å². The van der Waals surface area contributed by atoms with Crippen molar-refractivity contribution in [2.75, 3.05) is 21.3 Å². The first kappa shape index (κ1) is 34.7. The molecule has 0 bridgehead atoms. The quantitative estimate of drug-likeness (QED) is 0.238. The number of ketones is 1. The Hall–Kier alpha value is -1.50. The fraction of sp³-hybridized carbons (Fsp3) is 0.786. The van der Waals surface area contributed by atoms with E-state index in [1.54, 1.807) is 28.1 Å². The number of methoxy groups -OCH3 is 3. The van der Waals surface area contributed by atoms with E-state index in [1.165, 1.54) is 18.3 Å². The maximum Gasteiger partial charge on any atom is 0.306 e. The van der Waals surface area contributed by atoms with Crippen LogP contribution in [-0.2, 0) is 23.8 Å². The Labute approximate surface area is 209 Å². The first-order valence-corrected chi connectivity index (χ1v) is 12.0. The first-order chi connectivity index (χ1) is 15.4. The van der Waals surface area contributed by atoms with Gasteiger partial charge in [0.15, 0.2) is 0 Å². The number of carbonyl (C=O) groups is 2. The topological polar surface area (TPSA) is 82.1 Å². The fourth-order valence-electron chi connectivity index (χ4n) is 4.55. The number of rotatable bonds is 17. The van der Waals surface area contributed by atoms with E-state index < -0.39 is 17.5 Å². The summed E-state index contributed by atoms with van der Waals surface area (Å²) in [7, 11) is 4.84. The summed E-state index contributed by atoms with van der Waals surface area (Å²) < 4.78 is 16.7. The van der Waals surface area contributed by atoms with Crippen LogP contribution in [-0.4, -0.2) is 56.5 Å². The molecule has 0 saturated heterocycles. The summed E-state index contributed by atoms with van der Waals surface area (Å²) >= 11 is 0. The Kier molecular flexibility index (Phi) is 17.3. The summed E-state index contributed by atoms with van der Waals surface area (Å²) in [6, 6.07) is 0. The lowest BCUT2D eigenvalue weighted by Crippen LogP contribution is -2.46. The Morgan fingerprint density at radius 1 is 1.03 bits per heavy atom. The summed E-state index contributed by atoms with van der Waals surface area (Å²) in [4.78, 5) is 24.5. The molecule has 0 aromatic heterocycles. The van der Waals surface area contributed by atoms with E-state index in [1.807, 2.05) is 13.8 Å². The van der Waals surface area contributed by atoms with Crippen molar-refractivity contribution in [2.24, 2.45) is 17.3 Å². The standard InChI is InChI=1S/C27H48O6.CH4/c1-11-19(3)22(31-8)16-15-18(2)13-12-14-20(4)25(33-10)21(5)26(30)27(6,7)23(32-9)17-24(28)29;/h11,15,20-23,25H,12-14,16-17H2,1-10H3,(H,28,29);1H4/b18-15?,19-11+;. The van der Waals surface area contributed by atoms with Gasteiger partial charge in [-0.3, -0.25) is 9.59 Å². The van der Waals surface area contributed by atoms with Crippen molar-refractivity contribution >= 4 is 11.8 Å². The number of carboxylic acids is 1. The van der Waals surface area contributed by atoms with Gasteiger partial charge in [0.05, 0.1) is 30.1 Å². The van der Waals surface area contributed by atoms with Crippen LogP contribution < -0.4 is 0 Å². The van der Waals surface area contributed by atoms with Crippen molar-refractivity contribution < 1.29 is 28.9 Å². The number of carboxylic acid groups (broad SMARTS) is 1. The molecule has 0 aromatic rings. The number of Topliss-reactive ketones (excluding diaryl/α,β-unsaturated/α-hetero) is 1. The molecule has 0 amide bonds. The van der Waals surface area contributed by atoms with Crippen molar-refractivity contribution in [2.45, 2.75) is 106 Å². The average molecular weight is 485 g/mol. The molecule has 5 unspecified atom stereocenters. The summed E-state index contributed by atoms with van der Waals surface area (Å²) in [5, 5.41) is 9.18. The second-order valence-corrected chi connectivity index (χ2v) is 9.81. The van der Waals surface area contributed by atoms with Gasteiger partial charge in [0.2, 0.25) is 0 Å². The van der Waals surface area contributed by atoms with Gasteiger partial charge in [-0.15, -0.1) is 0 Å². The van der Waals surface area contributed by atoms with Crippen LogP contribution in [0, 0.1) is 17.3 Å². The average Bonchev–Trinajstić information content (AvgIpc) is 2.76. The lowest BCUT2D eigenvalue weighted by molar-refractivity contribution is -0.150. The number of hydrogen-bond donors (Lipinski definition) is 1. The molecule has 0 fully saturated rings. The van der Waals surface area contributed by atoms with Gasteiger partial charge >= 0.3 is 5.97 Å². The molecule has 0 rings (SSSR count). The number of carbonyl (C=O) groups excluding carboxylic acids is 1. The Bertz CT molecular complexity index is 664. The second kappa shape index (κ2) is 17.0. The Balaban J connectivity index is 0. The maximum absolute atomic E-state index is 13.3. The highest BCUT2D eigenvalue weighted by Crippen LogP contribution is 2.34. The van der Waals surface area contributed by atoms with Crippen LogP contribution in [0.25, 0.3) is 0 Å². The van der Waals surface area contributed by atoms with Gasteiger partial charge in [-0.2, -0.15) is 0 Å². The number of aliphatic carboxylic acids is 1. The minimum absolute atomic E-state index is 0. The number of ether oxygens (including phenoxy) is 3. The molecule has 1 N–H and O–H groups in total. The van der Waals surface area contributed by atoms with Gasteiger partial charge in [0, 0.05) is 27.2 Å². The zero-order valence-corrected chi connectivity index (χ0v) is 22.6. The molecule has 0 aromatic carbocycles. The SMILES string of the molecule is C.C/C=C(\C)C(CC=C(C)CCCC(C)C(OC)C(C)C(=O)C(C)(C)C(CC(=O)O)OC)OC. The molecule has 6 nitrogen and oxygen atoms in total. The van der Waals surface area contributed by atoms with Gasteiger partial charge in [0.1, 0.15) is 5.78 Å². The largest absolute Gasteiger partial charge is 0.481 e. The molecule has 0 aliphatic carbocycles. The van der Waals surface area contributed by atoms with Crippen LogP contribution >= 0.6 is 0 Å². The number of allylic oxidation sites excluding steroid dienone is 2. The van der Waals surface area contributed by atoms with Crippen molar-refractivity contribution in [1.82, 2.24) is 0 Å². The zero-order chi connectivity index (χ0) is 25.8. The van der Waals surface area contributed by atoms with Gasteiger partial charge in [-0.1, -0.05) is 52.8 Å². The third-order valence-corrected chi connectivity index (χ3v) is 6.98. The summed E-state index contributed by atoms with van der Waals surface area (Å²) in [5.74, 6) is -1.19. The van der Waals surface area contributed by atoms with Crippen molar-refractivity contribution in [1.29, 1.82) is 0 Å². The zero-order valence-electron chi connectivity index (χ0n) is 22.6. The number of hydrogen-bond acceptors (Lipinski definition) is 5. The van der Waals surface area contributed by atoms with Crippen LogP contribution in [0.3, 0.4) is 0 Å². The molecule has 0 radical (unpaired) electrons. The fourth-order valence-corrected chi connectivity index (χ4v) is 4.55. The highest BCUT2D eigenvalue weighted by atomic mass is 16.5. The van der Waals surface area contributed by atoms with Crippen LogP contribution in [0.5, 0.6) is 0 Å².